The van der Waals surface area contributed by atoms with Crippen molar-refractivity contribution in [1.29, 1.82) is 0 Å². The molecule has 5 nitrogen and oxygen atoms in total. The number of hydrogen-bond acceptors (Lipinski definition) is 3. The molecular weight excluding hydrogens is 459 g/mol. The van der Waals surface area contributed by atoms with Gasteiger partial charge in [-0.25, -0.2) is 0 Å². The van der Waals surface area contributed by atoms with Crippen LogP contribution in [0.5, 0.6) is 5.75 Å². The number of nitrogens with one attached hydrogen (secondary N) is 1. The van der Waals surface area contributed by atoms with Gasteiger partial charge in [0, 0.05) is 28.5 Å². The Bertz CT molecular complexity index is 1110. The van der Waals surface area contributed by atoms with E-state index in [1.165, 1.54) is 4.90 Å². The molecule has 0 aromatic heterocycles. The molecule has 0 heterocycles. The van der Waals surface area contributed by atoms with E-state index < -0.39 is 6.04 Å². The van der Waals surface area contributed by atoms with Crippen LogP contribution in [-0.2, 0) is 16.1 Å². The minimum Gasteiger partial charge on any atom is -0.483 e. The zero-order valence-electron chi connectivity index (χ0n) is 18.8. The van der Waals surface area contributed by atoms with Gasteiger partial charge in [-0.1, -0.05) is 79.5 Å². The predicted molar refractivity (Wildman–Crippen MR) is 134 cm³/mol. The molecule has 3 aromatic rings. The summed E-state index contributed by atoms with van der Waals surface area (Å²) in [6, 6.07) is 18.0. The average Bonchev–Trinajstić information content (AvgIpc) is 2.82. The number of rotatable bonds is 10. The van der Waals surface area contributed by atoms with Gasteiger partial charge in [-0.05, 0) is 42.0 Å². The molecule has 0 saturated carbocycles. The van der Waals surface area contributed by atoms with Crippen LogP contribution in [0.25, 0.3) is 10.8 Å². The van der Waals surface area contributed by atoms with E-state index in [-0.39, 0.29) is 25.0 Å². The molecule has 33 heavy (non-hydrogen) atoms. The molecule has 0 saturated heterocycles. The predicted octanol–water partition coefficient (Wildman–Crippen LogP) is 5.86. The molecular formula is C26H28Cl2N2O3. The number of halogens is 2. The number of carbonyl (C=O) groups is 2. The second kappa shape index (κ2) is 11.9. The quantitative estimate of drug-likeness (QED) is 0.390. The molecule has 3 aromatic carbocycles. The number of amides is 2. The fourth-order valence-electron chi connectivity index (χ4n) is 3.66. The van der Waals surface area contributed by atoms with Crippen LogP contribution in [0.15, 0.2) is 60.7 Å². The number of fused-ring (bicyclic) bond motifs is 1. The van der Waals surface area contributed by atoms with Gasteiger partial charge in [-0.2, -0.15) is 0 Å². The van der Waals surface area contributed by atoms with E-state index in [4.69, 9.17) is 27.9 Å². The third-order valence-corrected chi connectivity index (χ3v) is 5.98. The van der Waals surface area contributed by atoms with Crippen LogP contribution < -0.4 is 10.1 Å². The maximum absolute atomic E-state index is 13.4. The standard InChI is InChI=1S/C26H28Cl2N2O3/c1-3-14-29-26(32)23(4-2)30(16-19-12-13-20(27)15-22(19)28)25(31)17-33-24-11-7-9-18-8-5-6-10-21(18)24/h5-13,15,23H,3-4,14,16-17H2,1-2H3,(H,29,32)/t23-/m0/s1. The van der Waals surface area contributed by atoms with Gasteiger partial charge in [0.2, 0.25) is 5.91 Å². The van der Waals surface area contributed by atoms with E-state index in [0.717, 1.165) is 17.2 Å². The summed E-state index contributed by atoms with van der Waals surface area (Å²) < 4.78 is 5.93. The lowest BCUT2D eigenvalue weighted by Crippen LogP contribution is -2.50. The monoisotopic (exact) mass is 486 g/mol. The molecule has 0 aliphatic rings. The van der Waals surface area contributed by atoms with E-state index in [0.29, 0.717) is 34.3 Å². The molecule has 0 unspecified atom stereocenters. The van der Waals surface area contributed by atoms with Crippen LogP contribution in [-0.4, -0.2) is 35.9 Å². The lowest BCUT2D eigenvalue weighted by Gasteiger charge is -2.31. The van der Waals surface area contributed by atoms with Crippen molar-refractivity contribution in [3.05, 3.63) is 76.3 Å². The zero-order chi connectivity index (χ0) is 23.8. The van der Waals surface area contributed by atoms with Crippen molar-refractivity contribution >= 4 is 45.8 Å². The van der Waals surface area contributed by atoms with E-state index in [1.54, 1.807) is 18.2 Å². The third kappa shape index (κ3) is 6.40. The zero-order valence-corrected chi connectivity index (χ0v) is 20.3. The Hall–Kier alpha value is -2.76. The van der Waals surface area contributed by atoms with Gasteiger partial charge < -0.3 is 15.0 Å². The van der Waals surface area contributed by atoms with Gasteiger partial charge in [-0.15, -0.1) is 0 Å². The normalized spacial score (nSPS) is 11.8. The fraction of sp³-hybridized carbons (Fsp3) is 0.308. The molecule has 174 valence electrons. The Balaban J connectivity index is 1.84. The third-order valence-electron chi connectivity index (χ3n) is 5.39. The number of benzene rings is 3. The van der Waals surface area contributed by atoms with Crippen LogP contribution in [0.3, 0.4) is 0 Å². The second-order valence-electron chi connectivity index (χ2n) is 7.74. The Kier molecular flexibility index (Phi) is 8.98. The summed E-state index contributed by atoms with van der Waals surface area (Å²) in [5, 5.41) is 5.80. The SMILES string of the molecule is CCCNC(=O)[C@H](CC)N(Cc1ccc(Cl)cc1Cl)C(=O)COc1cccc2ccccc12. The lowest BCUT2D eigenvalue weighted by atomic mass is 10.1. The molecule has 0 aliphatic carbocycles. The molecule has 0 spiro atoms. The van der Waals surface area contributed by atoms with Crippen molar-refractivity contribution in [2.75, 3.05) is 13.2 Å². The molecule has 0 fully saturated rings. The second-order valence-corrected chi connectivity index (χ2v) is 8.58. The smallest absolute Gasteiger partial charge is 0.261 e. The summed E-state index contributed by atoms with van der Waals surface area (Å²) in [4.78, 5) is 27.8. The first-order valence-corrected chi connectivity index (χ1v) is 11.8. The summed E-state index contributed by atoms with van der Waals surface area (Å²) in [6.45, 7) is 4.38. The highest BCUT2D eigenvalue weighted by Crippen LogP contribution is 2.26. The highest BCUT2D eigenvalue weighted by Gasteiger charge is 2.29. The van der Waals surface area contributed by atoms with Crippen LogP contribution in [0.2, 0.25) is 10.0 Å². The van der Waals surface area contributed by atoms with Gasteiger partial charge in [0.1, 0.15) is 11.8 Å². The van der Waals surface area contributed by atoms with Crippen LogP contribution >= 0.6 is 23.2 Å². The maximum atomic E-state index is 13.4. The molecule has 3 rings (SSSR count). The minimum atomic E-state index is -0.646. The lowest BCUT2D eigenvalue weighted by molar-refractivity contribution is -0.142. The van der Waals surface area contributed by atoms with Gasteiger partial charge in [0.25, 0.3) is 5.91 Å². The number of ether oxygens (including phenoxy) is 1. The maximum Gasteiger partial charge on any atom is 0.261 e. The average molecular weight is 487 g/mol. The largest absolute Gasteiger partial charge is 0.483 e. The number of carbonyl (C=O) groups excluding carboxylic acids is 2. The first-order valence-electron chi connectivity index (χ1n) is 11.1. The summed E-state index contributed by atoms with van der Waals surface area (Å²) in [6.07, 6.45) is 1.27. The first kappa shape index (κ1) is 24.9. The highest BCUT2D eigenvalue weighted by atomic mass is 35.5. The Labute approximate surface area is 204 Å². The topological polar surface area (TPSA) is 58.6 Å². The highest BCUT2D eigenvalue weighted by molar-refractivity contribution is 6.35. The molecule has 1 atom stereocenters. The van der Waals surface area contributed by atoms with Crippen LogP contribution in [0.1, 0.15) is 32.3 Å². The molecule has 0 aliphatic heterocycles. The van der Waals surface area contributed by atoms with Crippen molar-refractivity contribution in [3.63, 3.8) is 0 Å². The minimum absolute atomic E-state index is 0.172. The van der Waals surface area contributed by atoms with E-state index in [1.807, 2.05) is 56.3 Å². The number of nitrogens with zero attached hydrogens (tertiary/aromatic N) is 1. The molecule has 0 radical (unpaired) electrons. The van der Waals surface area contributed by atoms with Gasteiger partial charge in [0.15, 0.2) is 6.61 Å². The van der Waals surface area contributed by atoms with Crippen LogP contribution in [0, 0.1) is 0 Å². The molecule has 0 bridgehead atoms. The van der Waals surface area contributed by atoms with Crippen molar-refractivity contribution in [1.82, 2.24) is 10.2 Å². The Morgan fingerprint density at radius 1 is 1.03 bits per heavy atom. The molecule has 2 amide bonds. The van der Waals surface area contributed by atoms with E-state index >= 15 is 0 Å². The molecule has 1 N–H and O–H groups in total. The van der Waals surface area contributed by atoms with E-state index in [2.05, 4.69) is 5.32 Å². The van der Waals surface area contributed by atoms with Crippen molar-refractivity contribution < 1.29 is 14.3 Å². The summed E-state index contributed by atoms with van der Waals surface area (Å²) in [7, 11) is 0. The summed E-state index contributed by atoms with van der Waals surface area (Å²) in [5.74, 6) is 0.129. The van der Waals surface area contributed by atoms with Gasteiger partial charge >= 0.3 is 0 Å². The van der Waals surface area contributed by atoms with Crippen molar-refractivity contribution in [3.8, 4) is 5.75 Å². The molecule has 7 heteroatoms. The van der Waals surface area contributed by atoms with Gasteiger partial charge in [-0.3, -0.25) is 9.59 Å². The van der Waals surface area contributed by atoms with Crippen molar-refractivity contribution in [2.24, 2.45) is 0 Å². The summed E-state index contributed by atoms with van der Waals surface area (Å²) in [5.41, 5.74) is 0.710. The Morgan fingerprint density at radius 3 is 2.52 bits per heavy atom. The number of hydrogen-bond donors (Lipinski definition) is 1. The Morgan fingerprint density at radius 2 is 1.79 bits per heavy atom. The first-order chi connectivity index (χ1) is 15.9. The van der Waals surface area contributed by atoms with Crippen LogP contribution in [0.4, 0.5) is 0 Å². The summed E-state index contributed by atoms with van der Waals surface area (Å²) >= 11 is 12.4. The van der Waals surface area contributed by atoms with Crippen molar-refractivity contribution in [2.45, 2.75) is 39.3 Å². The van der Waals surface area contributed by atoms with Gasteiger partial charge in [0.05, 0.1) is 0 Å². The fourth-order valence-corrected chi connectivity index (χ4v) is 4.13. The van der Waals surface area contributed by atoms with E-state index in [9.17, 15) is 9.59 Å².